The van der Waals surface area contributed by atoms with E-state index in [2.05, 4.69) is 4.90 Å². The van der Waals surface area contributed by atoms with E-state index >= 15 is 0 Å². The zero-order valence-electron chi connectivity index (χ0n) is 18.5. The average Bonchev–Trinajstić information content (AvgIpc) is 3.46. The van der Waals surface area contributed by atoms with Crippen LogP contribution in [0.5, 0.6) is 0 Å². The summed E-state index contributed by atoms with van der Waals surface area (Å²) in [6.07, 6.45) is 4.80. The number of aliphatic hydroxyl groups is 1. The van der Waals surface area contributed by atoms with E-state index in [1.807, 2.05) is 0 Å². The van der Waals surface area contributed by atoms with Gasteiger partial charge >= 0.3 is 0 Å². The predicted molar refractivity (Wildman–Crippen MR) is 122 cm³/mol. The number of hydrogen-bond donors (Lipinski definition) is 1. The molecule has 34 heavy (non-hydrogen) atoms. The molecule has 2 aliphatic rings. The number of ketones is 1. The number of furan rings is 1. The van der Waals surface area contributed by atoms with Crippen molar-refractivity contribution < 1.29 is 28.8 Å². The lowest BCUT2D eigenvalue weighted by Gasteiger charge is -2.29. The molecule has 0 saturated carbocycles. The third-order valence-corrected chi connectivity index (χ3v) is 5.91. The Balaban J connectivity index is 1.59. The van der Waals surface area contributed by atoms with Gasteiger partial charge in [-0.25, -0.2) is 0 Å². The fourth-order valence-corrected chi connectivity index (χ4v) is 4.18. The minimum absolute atomic E-state index is 0.0620. The van der Waals surface area contributed by atoms with E-state index in [0.29, 0.717) is 37.5 Å². The summed E-state index contributed by atoms with van der Waals surface area (Å²) in [6.45, 7) is 3.99. The highest BCUT2D eigenvalue weighted by atomic mass is 16.6. The Labute approximate surface area is 195 Å². The number of rotatable bonds is 9. The fourth-order valence-electron chi connectivity index (χ4n) is 4.18. The molecule has 1 amide bonds. The zero-order chi connectivity index (χ0) is 24.1. The number of nitro groups is 1. The van der Waals surface area contributed by atoms with Crippen LogP contribution in [0, 0.1) is 10.1 Å². The summed E-state index contributed by atoms with van der Waals surface area (Å²) in [5, 5.41) is 21.7. The number of morpholine rings is 1. The van der Waals surface area contributed by atoms with Crippen molar-refractivity contribution in [3.05, 3.63) is 81.5 Å². The van der Waals surface area contributed by atoms with Crippen LogP contribution in [0.2, 0.25) is 0 Å². The van der Waals surface area contributed by atoms with Gasteiger partial charge in [0, 0.05) is 38.3 Å². The molecule has 0 radical (unpaired) electrons. The Kier molecular flexibility index (Phi) is 7.19. The van der Waals surface area contributed by atoms with Gasteiger partial charge in [0.15, 0.2) is 11.5 Å². The Hall–Kier alpha value is -3.76. The minimum atomic E-state index is -0.855. The zero-order valence-corrected chi connectivity index (χ0v) is 18.5. The number of amides is 1. The number of ether oxygens (including phenoxy) is 1. The van der Waals surface area contributed by atoms with Crippen LogP contribution in [0.4, 0.5) is 5.69 Å². The minimum Gasteiger partial charge on any atom is -0.503 e. The van der Waals surface area contributed by atoms with E-state index in [4.69, 9.17) is 9.15 Å². The predicted octanol–water partition coefficient (Wildman–Crippen LogP) is 2.89. The van der Waals surface area contributed by atoms with Gasteiger partial charge in [-0.05, 0) is 48.4 Å². The highest BCUT2D eigenvalue weighted by Gasteiger charge is 2.42. The molecule has 1 saturated heterocycles. The molecule has 1 aromatic heterocycles. The number of carbonyl (C=O) groups is 2. The molecule has 0 spiro atoms. The summed E-state index contributed by atoms with van der Waals surface area (Å²) in [5.41, 5.74) is 0.336. The van der Waals surface area contributed by atoms with Gasteiger partial charge in [-0.2, -0.15) is 0 Å². The van der Waals surface area contributed by atoms with Crippen LogP contribution in [0.3, 0.4) is 0 Å². The second-order valence-corrected chi connectivity index (χ2v) is 8.03. The summed E-state index contributed by atoms with van der Waals surface area (Å²) < 4.78 is 10.6. The third-order valence-electron chi connectivity index (χ3n) is 5.91. The number of carbonyl (C=O) groups excluding carboxylic acids is 2. The molecule has 0 bridgehead atoms. The molecule has 3 heterocycles. The molecule has 0 aliphatic carbocycles. The summed E-state index contributed by atoms with van der Waals surface area (Å²) in [5.74, 6) is -1.34. The SMILES string of the molecule is O=C(/C=C/c1ccco1)C1=C(O)C(=O)N(CCCN2CCOCC2)C1c1ccc([N+](=O)[O-])cc1. The first kappa shape index (κ1) is 23.4. The summed E-state index contributed by atoms with van der Waals surface area (Å²) in [7, 11) is 0. The van der Waals surface area contributed by atoms with Crippen molar-refractivity contribution in [1.82, 2.24) is 9.80 Å². The third kappa shape index (κ3) is 5.08. The summed E-state index contributed by atoms with van der Waals surface area (Å²) >= 11 is 0. The molecular formula is C24H25N3O7. The Morgan fingerprint density at radius 1 is 1.18 bits per heavy atom. The maximum absolute atomic E-state index is 13.1. The van der Waals surface area contributed by atoms with Gasteiger partial charge in [0.05, 0.1) is 36.0 Å². The van der Waals surface area contributed by atoms with Crippen LogP contribution in [0.25, 0.3) is 6.08 Å². The molecule has 1 unspecified atom stereocenters. The second-order valence-electron chi connectivity index (χ2n) is 8.03. The molecule has 1 atom stereocenters. The number of aliphatic hydroxyl groups excluding tert-OH is 1. The van der Waals surface area contributed by atoms with Gasteiger partial charge in [0.2, 0.25) is 0 Å². The summed E-state index contributed by atoms with van der Waals surface area (Å²) in [6, 6.07) is 8.15. The van der Waals surface area contributed by atoms with E-state index in [1.54, 1.807) is 12.1 Å². The van der Waals surface area contributed by atoms with Crippen molar-refractivity contribution in [2.75, 3.05) is 39.4 Å². The largest absolute Gasteiger partial charge is 0.503 e. The van der Waals surface area contributed by atoms with E-state index in [-0.39, 0.29) is 11.3 Å². The Bertz CT molecular complexity index is 1100. The van der Waals surface area contributed by atoms with Crippen LogP contribution in [-0.2, 0) is 14.3 Å². The maximum atomic E-state index is 13.1. The van der Waals surface area contributed by atoms with Crippen molar-refractivity contribution >= 4 is 23.5 Å². The summed E-state index contributed by atoms with van der Waals surface area (Å²) in [4.78, 5) is 40.3. The Morgan fingerprint density at radius 2 is 1.91 bits per heavy atom. The molecule has 1 fully saturated rings. The fraction of sp³-hybridized carbons (Fsp3) is 0.333. The van der Waals surface area contributed by atoms with Crippen LogP contribution >= 0.6 is 0 Å². The highest BCUT2D eigenvalue weighted by molar-refractivity contribution is 6.14. The van der Waals surface area contributed by atoms with E-state index in [1.165, 1.54) is 47.6 Å². The van der Waals surface area contributed by atoms with Gasteiger partial charge in [0.1, 0.15) is 5.76 Å². The van der Waals surface area contributed by atoms with Crippen LogP contribution < -0.4 is 0 Å². The molecule has 10 heteroatoms. The molecule has 178 valence electrons. The van der Waals surface area contributed by atoms with Crippen LogP contribution in [-0.4, -0.2) is 70.9 Å². The molecule has 1 N–H and O–H groups in total. The number of hydrogen-bond acceptors (Lipinski definition) is 8. The van der Waals surface area contributed by atoms with Crippen molar-refractivity contribution in [3.63, 3.8) is 0 Å². The van der Waals surface area contributed by atoms with Gasteiger partial charge in [-0.3, -0.25) is 24.6 Å². The smallest absolute Gasteiger partial charge is 0.290 e. The molecule has 10 nitrogen and oxygen atoms in total. The molecule has 1 aromatic carbocycles. The van der Waals surface area contributed by atoms with Gasteiger partial charge in [-0.15, -0.1) is 0 Å². The Morgan fingerprint density at radius 3 is 2.56 bits per heavy atom. The number of benzene rings is 1. The second kappa shape index (κ2) is 10.4. The van der Waals surface area contributed by atoms with Crippen LogP contribution in [0.1, 0.15) is 23.8 Å². The molecular weight excluding hydrogens is 442 g/mol. The van der Waals surface area contributed by atoms with Crippen molar-refractivity contribution in [1.29, 1.82) is 0 Å². The van der Waals surface area contributed by atoms with Crippen molar-refractivity contribution in [3.8, 4) is 0 Å². The van der Waals surface area contributed by atoms with Crippen molar-refractivity contribution in [2.45, 2.75) is 12.5 Å². The van der Waals surface area contributed by atoms with Crippen molar-refractivity contribution in [2.24, 2.45) is 0 Å². The molecule has 2 aliphatic heterocycles. The van der Waals surface area contributed by atoms with Crippen LogP contribution in [0.15, 0.2) is 64.5 Å². The number of nitrogens with zero attached hydrogens (tertiary/aromatic N) is 3. The van der Waals surface area contributed by atoms with E-state index < -0.39 is 28.4 Å². The first-order valence-corrected chi connectivity index (χ1v) is 11.0. The van der Waals surface area contributed by atoms with Gasteiger partial charge in [0.25, 0.3) is 11.6 Å². The lowest BCUT2D eigenvalue weighted by atomic mass is 9.95. The highest BCUT2D eigenvalue weighted by Crippen LogP contribution is 2.38. The van der Waals surface area contributed by atoms with Gasteiger partial charge in [-0.1, -0.05) is 0 Å². The topological polar surface area (TPSA) is 126 Å². The first-order chi connectivity index (χ1) is 16.5. The number of allylic oxidation sites excluding steroid dienone is 1. The number of non-ortho nitro benzene ring substituents is 1. The normalized spacial score (nSPS) is 19.4. The maximum Gasteiger partial charge on any atom is 0.290 e. The first-order valence-electron chi connectivity index (χ1n) is 11.0. The average molecular weight is 467 g/mol. The molecule has 2 aromatic rings. The van der Waals surface area contributed by atoms with Gasteiger partial charge < -0.3 is 19.2 Å². The number of nitro benzene ring substituents is 1. The lowest BCUT2D eigenvalue weighted by molar-refractivity contribution is -0.384. The standard InChI is InChI=1S/C24H25N3O7/c28-20(9-8-19-3-1-14-34-19)21-22(17-4-6-18(7-5-17)27(31)32)26(24(30)23(21)29)11-2-10-25-12-15-33-16-13-25/h1,3-9,14,22,29H,2,10-13,15-16H2/b9-8+. The lowest BCUT2D eigenvalue weighted by Crippen LogP contribution is -2.39. The van der Waals surface area contributed by atoms with E-state index in [0.717, 1.165) is 19.6 Å². The quantitative estimate of drug-likeness (QED) is 0.339. The monoisotopic (exact) mass is 467 g/mol. The van der Waals surface area contributed by atoms with E-state index in [9.17, 15) is 24.8 Å². The molecule has 4 rings (SSSR count).